The lowest BCUT2D eigenvalue weighted by molar-refractivity contribution is 0.0913. The number of ether oxygens (including phenoxy) is 1. The van der Waals surface area contributed by atoms with E-state index < -0.39 is 15.9 Å². The Balaban J connectivity index is 1.59. The van der Waals surface area contributed by atoms with E-state index in [4.69, 9.17) is 9.15 Å². The molecular weight excluding hydrogens is 380 g/mol. The fourth-order valence-electron chi connectivity index (χ4n) is 2.36. The van der Waals surface area contributed by atoms with Crippen molar-refractivity contribution in [1.29, 1.82) is 0 Å². The van der Waals surface area contributed by atoms with E-state index in [-0.39, 0.29) is 17.3 Å². The molecule has 28 heavy (non-hydrogen) atoms. The number of furan rings is 1. The van der Waals surface area contributed by atoms with Gasteiger partial charge in [0.05, 0.1) is 4.90 Å². The van der Waals surface area contributed by atoms with E-state index in [1.165, 1.54) is 18.2 Å². The number of nitrogens with one attached hydrogen (secondary N) is 2. The first-order valence-electron chi connectivity index (χ1n) is 8.51. The number of aryl methyl sites for hydroxylation is 2. The molecule has 1 aromatic heterocycles. The molecule has 2 aromatic carbocycles. The van der Waals surface area contributed by atoms with Crippen molar-refractivity contribution < 1.29 is 22.4 Å². The number of amides is 1. The molecule has 0 aliphatic rings. The fourth-order valence-corrected chi connectivity index (χ4v) is 3.29. The molecule has 0 aliphatic carbocycles. The molecule has 1 heterocycles. The molecule has 7 nitrogen and oxygen atoms in total. The van der Waals surface area contributed by atoms with Crippen LogP contribution in [0.5, 0.6) is 5.75 Å². The van der Waals surface area contributed by atoms with Crippen molar-refractivity contribution in [2.24, 2.45) is 0 Å². The van der Waals surface area contributed by atoms with Gasteiger partial charge in [-0.15, -0.1) is 4.83 Å². The summed E-state index contributed by atoms with van der Waals surface area (Å²) in [4.78, 5) is 14.3. The quantitative estimate of drug-likeness (QED) is 0.594. The lowest BCUT2D eigenvalue weighted by Gasteiger charge is -2.09. The number of benzene rings is 2. The van der Waals surface area contributed by atoms with Crippen LogP contribution in [0, 0.1) is 13.8 Å². The van der Waals surface area contributed by atoms with Gasteiger partial charge in [0.15, 0.2) is 5.76 Å². The average molecular weight is 400 g/mol. The Labute approximate surface area is 163 Å². The van der Waals surface area contributed by atoms with Crippen LogP contribution >= 0.6 is 0 Å². The van der Waals surface area contributed by atoms with Gasteiger partial charge in [0.25, 0.3) is 10.0 Å². The van der Waals surface area contributed by atoms with Gasteiger partial charge >= 0.3 is 5.91 Å². The highest BCUT2D eigenvalue weighted by atomic mass is 32.2. The van der Waals surface area contributed by atoms with Crippen LogP contribution in [0.1, 0.15) is 27.4 Å². The highest BCUT2D eigenvalue weighted by Gasteiger charge is 2.18. The molecular formula is C20H20N2O5S. The number of para-hydroxylation sites is 1. The Morgan fingerprint density at radius 2 is 1.75 bits per heavy atom. The zero-order valence-corrected chi connectivity index (χ0v) is 16.2. The minimum absolute atomic E-state index is 0.0329. The topological polar surface area (TPSA) is 97.6 Å². The van der Waals surface area contributed by atoms with Gasteiger partial charge in [-0.1, -0.05) is 24.3 Å². The summed E-state index contributed by atoms with van der Waals surface area (Å²) in [5, 5.41) is 0. The molecule has 0 fully saturated rings. The number of carbonyl (C=O) groups is 1. The number of hydrazine groups is 1. The molecule has 2 N–H and O–H groups in total. The average Bonchev–Trinajstić information content (AvgIpc) is 3.16. The van der Waals surface area contributed by atoms with Crippen LogP contribution in [-0.2, 0) is 16.6 Å². The van der Waals surface area contributed by atoms with E-state index >= 15 is 0 Å². The van der Waals surface area contributed by atoms with Crippen LogP contribution < -0.4 is 15.0 Å². The monoisotopic (exact) mass is 400 g/mol. The zero-order chi connectivity index (χ0) is 20.1. The molecule has 3 rings (SSSR count). The van der Waals surface area contributed by atoms with Crippen LogP contribution in [0.15, 0.2) is 70.0 Å². The second-order valence-electron chi connectivity index (χ2n) is 6.17. The van der Waals surface area contributed by atoms with Crippen molar-refractivity contribution in [2.45, 2.75) is 25.3 Å². The molecule has 0 spiro atoms. The first kappa shape index (κ1) is 19.7. The Morgan fingerprint density at radius 1 is 1.00 bits per heavy atom. The summed E-state index contributed by atoms with van der Waals surface area (Å²) in [5.74, 6) is 0.366. The lowest BCUT2D eigenvalue weighted by Crippen LogP contribution is -2.41. The Hall–Kier alpha value is -3.10. The minimum Gasteiger partial charge on any atom is -0.486 e. The fraction of sp³-hybridized carbons (Fsp3) is 0.150. The molecule has 146 valence electrons. The van der Waals surface area contributed by atoms with Crippen molar-refractivity contribution in [2.75, 3.05) is 0 Å². The van der Waals surface area contributed by atoms with Gasteiger partial charge in [-0.3, -0.25) is 10.2 Å². The smallest absolute Gasteiger partial charge is 0.301 e. The van der Waals surface area contributed by atoms with Crippen LogP contribution in [0.4, 0.5) is 0 Å². The van der Waals surface area contributed by atoms with Gasteiger partial charge in [-0.25, -0.2) is 8.42 Å². The summed E-state index contributed by atoms with van der Waals surface area (Å²) in [6.45, 7) is 3.84. The summed E-state index contributed by atoms with van der Waals surface area (Å²) < 4.78 is 35.6. The molecule has 3 aromatic rings. The van der Waals surface area contributed by atoms with Gasteiger partial charge in [0, 0.05) is 0 Å². The maximum Gasteiger partial charge on any atom is 0.301 e. The molecule has 0 aliphatic heterocycles. The summed E-state index contributed by atoms with van der Waals surface area (Å²) in [6.07, 6.45) is 0. The van der Waals surface area contributed by atoms with Gasteiger partial charge in [-0.05, 0) is 61.4 Å². The number of carbonyl (C=O) groups excluding carboxylic acids is 1. The second kappa shape index (κ2) is 8.28. The molecule has 0 radical (unpaired) electrons. The van der Waals surface area contributed by atoms with Gasteiger partial charge in [0.2, 0.25) is 0 Å². The molecule has 0 saturated heterocycles. The second-order valence-corrected chi connectivity index (χ2v) is 7.86. The lowest BCUT2D eigenvalue weighted by atomic mass is 10.1. The van der Waals surface area contributed by atoms with Gasteiger partial charge < -0.3 is 9.15 Å². The Kier molecular flexibility index (Phi) is 5.81. The standard InChI is InChI=1S/C20H20N2O5S/c1-14-8-10-18(12-15(14)2)28(24,25)22-21-20(23)19-11-9-17(27-19)13-26-16-6-4-3-5-7-16/h3-12,22H,13H2,1-2H3,(H,21,23). The van der Waals surface area contributed by atoms with Gasteiger partial charge in [0.1, 0.15) is 18.1 Å². The third-order valence-corrected chi connectivity index (χ3v) is 5.34. The maximum atomic E-state index is 12.3. The van der Waals surface area contributed by atoms with E-state index in [0.717, 1.165) is 11.1 Å². The van der Waals surface area contributed by atoms with E-state index in [1.807, 2.05) is 32.0 Å². The van der Waals surface area contributed by atoms with E-state index in [2.05, 4.69) is 10.3 Å². The molecule has 0 saturated carbocycles. The summed E-state index contributed by atoms with van der Waals surface area (Å²) in [6, 6.07) is 16.9. The summed E-state index contributed by atoms with van der Waals surface area (Å²) in [7, 11) is -3.89. The van der Waals surface area contributed by atoms with Crippen molar-refractivity contribution in [3.8, 4) is 5.75 Å². The first-order chi connectivity index (χ1) is 13.3. The molecule has 0 atom stereocenters. The largest absolute Gasteiger partial charge is 0.486 e. The van der Waals surface area contributed by atoms with Crippen LogP contribution in [-0.4, -0.2) is 14.3 Å². The predicted octanol–water partition coefficient (Wildman–Crippen LogP) is 3.10. The van der Waals surface area contributed by atoms with Crippen molar-refractivity contribution in [3.05, 3.63) is 83.3 Å². The van der Waals surface area contributed by atoms with Gasteiger partial charge in [-0.2, -0.15) is 0 Å². The first-order valence-corrected chi connectivity index (χ1v) is 9.99. The Morgan fingerprint density at radius 3 is 2.46 bits per heavy atom. The normalized spacial score (nSPS) is 11.2. The predicted molar refractivity (Wildman–Crippen MR) is 103 cm³/mol. The summed E-state index contributed by atoms with van der Waals surface area (Å²) in [5.41, 5.74) is 3.96. The summed E-state index contributed by atoms with van der Waals surface area (Å²) >= 11 is 0. The number of hydrogen-bond acceptors (Lipinski definition) is 5. The number of sulfonamides is 1. The SMILES string of the molecule is Cc1ccc(S(=O)(=O)NNC(=O)c2ccc(COc3ccccc3)o2)cc1C. The zero-order valence-electron chi connectivity index (χ0n) is 15.4. The highest BCUT2D eigenvalue weighted by Crippen LogP contribution is 2.15. The van der Waals surface area contributed by atoms with Crippen LogP contribution in [0.2, 0.25) is 0 Å². The minimum atomic E-state index is -3.89. The van der Waals surface area contributed by atoms with Crippen molar-refractivity contribution in [3.63, 3.8) is 0 Å². The van der Waals surface area contributed by atoms with Crippen molar-refractivity contribution >= 4 is 15.9 Å². The van der Waals surface area contributed by atoms with Crippen LogP contribution in [0.25, 0.3) is 0 Å². The third kappa shape index (κ3) is 4.79. The Bertz CT molecular complexity index is 1070. The third-order valence-electron chi connectivity index (χ3n) is 4.10. The number of rotatable bonds is 7. The van der Waals surface area contributed by atoms with Crippen molar-refractivity contribution in [1.82, 2.24) is 10.3 Å². The highest BCUT2D eigenvalue weighted by molar-refractivity contribution is 7.89. The van der Waals surface area contributed by atoms with Crippen LogP contribution in [0.3, 0.4) is 0 Å². The molecule has 8 heteroatoms. The molecule has 0 unspecified atom stereocenters. The van der Waals surface area contributed by atoms with E-state index in [1.54, 1.807) is 24.3 Å². The maximum absolute atomic E-state index is 12.3. The van der Waals surface area contributed by atoms with E-state index in [0.29, 0.717) is 11.5 Å². The van der Waals surface area contributed by atoms with E-state index in [9.17, 15) is 13.2 Å². The number of hydrogen-bond donors (Lipinski definition) is 2. The molecule has 0 bridgehead atoms. The molecule has 1 amide bonds.